The van der Waals surface area contributed by atoms with Crippen molar-refractivity contribution < 1.29 is 9.90 Å². The van der Waals surface area contributed by atoms with Crippen LogP contribution in [-0.2, 0) is 4.79 Å². The Morgan fingerprint density at radius 2 is 2.14 bits per heavy atom. The van der Waals surface area contributed by atoms with Crippen LogP contribution in [0.15, 0.2) is 55.0 Å². The SMILES string of the molecule is CC(=O)Nc1cc(-c2cc(C(c3ccc(Cl)cc3)N3CCC[C@H]3CO)c(-c3nnc[nH]3)s2)ccn1. The number of aromatic nitrogens is 4. The van der Waals surface area contributed by atoms with Crippen LogP contribution in [0.4, 0.5) is 5.82 Å². The number of likely N-dealkylation sites (tertiary alicyclic amines) is 1. The van der Waals surface area contributed by atoms with Crippen LogP contribution in [0.1, 0.15) is 36.9 Å². The third-order valence-corrected chi connectivity index (χ3v) is 7.65. The van der Waals surface area contributed by atoms with Gasteiger partial charge in [0.05, 0.1) is 17.5 Å². The molecule has 0 spiro atoms. The molecule has 5 rings (SSSR count). The first-order valence-electron chi connectivity index (χ1n) is 11.4. The van der Waals surface area contributed by atoms with Gasteiger partial charge >= 0.3 is 0 Å². The molecule has 1 aromatic carbocycles. The summed E-state index contributed by atoms with van der Waals surface area (Å²) in [6.07, 6.45) is 5.23. The number of carbonyl (C=O) groups excluding carboxylic acids is 1. The van der Waals surface area contributed by atoms with Gasteiger partial charge in [0.1, 0.15) is 12.1 Å². The Bertz CT molecular complexity index is 1310. The quantitative estimate of drug-likeness (QED) is 0.332. The molecular weight excluding hydrogens is 484 g/mol. The van der Waals surface area contributed by atoms with Crippen LogP contribution in [0, 0.1) is 0 Å². The molecule has 1 saturated heterocycles. The Labute approximate surface area is 212 Å². The number of amides is 1. The summed E-state index contributed by atoms with van der Waals surface area (Å²) in [5, 5.41) is 21.9. The van der Waals surface area contributed by atoms with E-state index in [1.165, 1.54) is 6.92 Å². The minimum absolute atomic E-state index is 0.0638. The van der Waals surface area contributed by atoms with E-state index in [-0.39, 0.29) is 24.6 Å². The van der Waals surface area contributed by atoms with Gasteiger partial charge in [0.2, 0.25) is 5.91 Å². The fourth-order valence-corrected chi connectivity index (χ4v) is 5.93. The van der Waals surface area contributed by atoms with E-state index < -0.39 is 0 Å². The van der Waals surface area contributed by atoms with Gasteiger partial charge in [-0.25, -0.2) is 4.98 Å². The lowest BCUT2D eigenvalue weighted by Crippen LogP contribution is -2.36. The first-order chi connectivity index (χ1) is 17.0. The van der Waals surface area contributed by atoms with Gasteiger partial charge in [-0.3, -0.25) is 9.69 Å². The zero-order chi connectivity index (χ0) is 24.4. The normalized spacial score (nSPS) is 16.9. The predicted octanol–water partition coefficient (Wildman–Crippen LogP) is 4.75. The molecule has 3 aromatic heterocycles. The topological polar surface area (TPSA) is 107 Å². The van der Waals surface area contributed by atoms with Crippen LogP contribution in [0.25, 0.3) is 21.1 Å². The summed E-state index contributed by atoms with van der Waals surface area (Å²) < 4.78 is 0. The average molecular weight is 509 g/mol. The predicted molar refractivity (Wildman–Crippen MR) is 137 cm³/mol. The highest BCUT2D eigenvalue weighted by atomic mass is 35.5. The van der Waals surface area contributed by atoms with Crippen LogP contribution in [-0.4, -0.2) is 55.3 Å². The zero-order valence-corrected chi connectivity index (χ0v) is 20.7. The number of anilines is 1. The van der Waals surface area contributed by atoms with E-state index in [0.717, 1.165) is 45.8 Å². The lowest BCUT2D eigenvalue weighted by Gasteiger charge is -2.33. The molecular formula is C25H25ClN6O2S. The van der Waals surface area contributed by atoms with E-state index in [1.54, 1.807) is 23.9 Å². The molecule has 1 aliphatic heterocycles. The maximum Gasteiger partial charge on any atom is 0.222 e. The monoisotopic (exact) mass is 508 g/mol. The molecule has 0 saturated carbocycles. The highest BCUT2D eigenvalue weighted by Crippen LogP contribution is 2.45. The number of benzene rings is 1. The summed E-state index contributed by atoms with van der Waals surface area (Å²) in [6.45, 7) is 2.44. The maximum absolute atomic E-state index is 11.5. The average Bonchev–Trinajstić information content (AvgIpc) is 3.61. The molecule has 1 unspecified atom stereocenters. The third kappa shape index (κ3) is 4.99. The summed E-state index contributed by atoms with van der Waals surface area (Å²) in [4.78, 5) is 23.3. The highest BCUT2D eigenvalue weighted by molar-refractivity contribution is 7.19. The molecule has 1 fully saturated rings. The number of hydrogen-bond acceptors (Lipinski definition) is 7. The van der Waals surface area contributed by atoms with Crippen molar-refractivity contribution in [3.8, 4) is 21.1 Å². The van der Waals surface area contributed by atoms with Gasteiger partial charge in [0, 0.05) is 29.1 Å². The number of carbonyl (C=O) groups is 1. The van der Waals surface area contributed by atoms with E-state index in [9.17, 15) is 9.90 Å². The van der Waals surface area contributed by atoms with Gasteiger partial charge in [-0.05, 0) is 66.4 Å². The molecule has 10 heteroatoms. The number of rotatable bonds is 7. The summed E-state index contributed by atoms with van der Waals surface area (Å²) in [5.74, 6) is 1.02. The minimum atomic E-state index is -0.171. The summed E-state index contributed by atoms with van der Waals surface area (Å²) in [6, 6.07) is 13.8. The van der Waals surface area contributed by atoms with E-state index >= 15 is 0 Å². The van der Waals surface area contributed by atoms with Gasteiger partial charge in [-0.1, -0.05) is 23.7 Å². The van der Waals surface area contributed by atoms with Gasteiger partial charge in [-0.2, -0.15) is 0 Å². The van der Waals surface area contributed by atoms with E-state index in [2.05, 4.69) is 36.4 Å². The Morgan fingerprint density at radius 1 is 1.31 bits per heavy atom. The van der Waals surface area contributed by atoms with Crippen LogP contribution in [0.3, 0.4) is 0 Å². The van der Waals surface area contributed by atoms with Gasteiger partial charge in [0.15, 0.2) is 5.82 Å². The maximum atomic E-state index is 11.5. The van der Waals surface area contributed by atoms with E-state index in [0.29, 0.717) is 16.7 Å². The fourth-order valence-electron chi connectivity index (χ4n) is 4.67. The summed E-state index contributed by atoms with van der Waals surface area (Å²) >= 11 is 7.82. The number of hydrogen-bond donors (Lipinski definition) is 3. The molecule has 1 amide bonds. The molecule has 180 valence electrons. The second-order valence-electron chi connectivity index (χ2n) is 8.51. The minimum Gasteiger partial charge on any atom is -0.395 e. The second kappa shape index (κ2) is 10.2. The molecule has 0 bridgehead atoms. The van der Waals surface area contributed by atoms with Crippen LogP contribution in [0.2, 0.25) is 5.02 Å². The number of aliphatic hydroxyl groups excluding tert-OH is 1. The van der Waals surface area contributed by atoms with Crippen molar-refractivity contribution in [1.29, 1.82) is 0 Å². The summed E-state index contributed by atoms with van der Waals surface area (Å²) in [7, 11) is 0. The molecule has 0 aliphatic carbocycles. The van der Waals surface area contributed by atoms with Crippen LogP contribution >= 0.6 is 22.9 Å². The summed E-state index contributed by atoms with van der Waals surface area (Å²) in [5.41, 5.74) is 3.10. The highest BCUT2D eigenvalue weighted by Gasteiger charge is 2.35. The van der Waals surface area contributed by atoms with Crippen molar-refractivity contribution in [2.45, 2.75) is 31.8 Å². The number of nitrogens with zero attached hydrogens (tertiary/aromatic N) is 4. The van der Waals surface area contributed by atoms with E-state index in [4.69, 9.17) is 11.6 Å². The number of H-pyrrole nitrogens is 1. The lowest BCUT2D eigenvalue weighted by atomic mass is 9.95. The number of aromatic amines is 1. The lowest BCUT2D eigenvalue weighted by molar-refractivity contribution is -0.114. The first-order valence-corrected chi connectivity index (χ1v) is 12.6. The van der Waals surface area contributed by atoms with Gasteiger partial charge < -0.3 is 15.4 Å². The van der Waals surface area contributed by atoms with Crippen molar-refractivity contribution in [3.05, 3.63) is 71.1 Å². The molecule has 35 heavy (non-hydrogen) atoms. The van der Waals surface area contributed by atoms with E-state index in [1.807, 2.05) is 36.4 Å². The fraction of sp³-hybridized carbons (Fsp3) is 0.280. The van der Waals surface area contributed by atoms with Crippen molar-refractivity contribution in [2.24, 2.45) is 0 Å². The number of halogens is 1. The molecule has 1 aliphatic rings. The Kier molecular flexibility index (Phi) is 6.92. The number of pyridine rings is 1. The molecule has 3 N–H and O–H groups in total. The Balaban J connectivity index is 1.66. The zero-order valence-electron chi connectivity index (χ0n) is 19.1. The second-order valence-corrected chi connectivity index (χ2v) is 10.0. The van der Waals surface area contributed by atoms with Crippen molar-refractivity contribution >= 4 is 34.7 Å². The first kappa shape index (κ1) is 23.6. The number of aliphatic hydroxyl groups is 1. The standard InChI is InChI=1S/C25H25ClN6O2S/c1-15(34)30-22-11-17(8-9-27-22)21-12-20(24(35-21)25-28-14-29-31-25)23(16-4-6-18(26)7-5-16)32-10-2-3-19(32)13-33/h4-9,11-12,14,19,23,33H,2-3,10,13H2,1H3,(H,27,30,34)(H,28,29,31)/t19-,23?/m0/s1. The molecule has 0 radical (unpaired) electrons. The Morgan fingerprint density at radius 3 is 2.86 bits per heavy atom. The van der Waals surface area contributed by atoms with Gasteiger partial charge in [-0.15, -0.1) is 21.5 Å². The molecule has 4 aromatic rings. The number of thiophene rings is 1. The van der Waals surface area contributed by atoms with Gasteiger partial charge in [0.25, 0.3) is 0 Å². The van der Waals surface area contributed by atoms with Crippen molar-refractivity contribution in [3.63, 3.8) is 0 Å². The Hall–Kier alpha value is -3.11. The molecule has 8 nitrogen and oxygen atoms in total. The molecule has 4 heterocycles. The third-order valence-electron chi connectivity index (χ3n) is 6.19. The van der Waals surface area contributed by atoms with Crippen LogP contribution in [0.5, 0.6) is 0 Å². The van der Waals surface area contributed by atoms with Crippen molar-refractivity contribution in [2.75, 3.05) is 18.5 Å². The van der Waals surface area contributed by atoms with Crippen molar-refractivity contribution in [1.82, 2.24) is 25.1 Å². The largest absolute Gasteiger partial charge is 0.395 e. The smallest absolute Gasteiger partial charge is 0.222 e. The van der Waals surface area contributed by atoms with Crippen LogP contribution < -0.4 is 5.32 Å². The molecule has 2 atom stereocenters. The number of nitrogens with one attached hydrogen (secondary N) is 2.